The second-order valence-corrected chi connectivity index (χ2v) is 13.0. The minimum Gasteiger partial charge on any atom is -0.462 e. The van der Waals surface area contributed by atoms with Gasteiger partial charge >= 0.3 is 19.8 Å². The van der Waals surface area contributed by atoms with Crippen LogP contribution in [-0.4, -0.2) is 65.7 Å². The largest absolute Gasteiger partial charge is 0.472 e. The lowest BCUT2D eigenvalue weighted by Crippen LogP contribution is -2.29. The van der Waals surface area contributed by atoms with Crippen LogP contribution in [0.3, 0.4) is 0 Å². The summed E-state index contributed by atoms with van der Waals surface area (Å²) in [5, 5.41) is 18.2. The number of aliphatic hydroxyl groups is 2. The molecule has 0 aliphatic heterocycles. The number of allylic oxidation sites excluding steroid dienone is 4. The van der Waals surface area contributed by atoms with Crippen molar-refractivity contribution in [3.63, 3.8) is 0 Å². The van der Waals surface area contributed by atoms with Gasteiger partial charge in [-0.3, -0.25) is 18.6 Å². The molecular formula is C34H63O10P. The molecule has 3 unspecified atom stereocenters. The number of unbranched alkanes of at least 4 members (excludes halogenated alkanes) is 14. The van der Waals surface area contributed by atoms with Gasteiger partial charge in [-0.05, 0) is 44.9 Å². The SMILES string of the molecule is CCCCCC/C=C\C/C=C\CCCCCCCCCC(=O)OC(COC(=O)CCCCCC)COP(=O)(O)OCC(O)CO. The van der Waals surface area contributed by atoms with E-state index in [4.69, 9.17) is 19.1 Å². The number of rotatable bonds is 32. The molecule has 0 spiro atoms. The highest BCUT2D eigenvalue weighted by atomic mass is 31.2. The Morgan fingerprint density at radius 1 is 0.667 bits per heavy atom. The third-order valence-electron chi connectivity index (χ3n) is 7.11. The van der Waals surface area contributed by atoms with Crippen molar-refractivity contribution >= 4 is 19.8 Å². The van der Waals surface area contributed by atoms with Gasteiger partial charge < -0.3 is 24.6 Å². The normalized spacial score (nSPS) is 14.5. The maximum Gasteiger partial charge on any atom is 0.472 e. The zero-order valence-electron chi connectivity index (χ0n) is 28.1. The first-order valence-corrected chi connectivity index (χ1v) is 18.8. The molecule has 45 heavy (non-hydrogen) atoms. The standard InChI is InChI=1S/C34H63O10P/c1-3-5-7-9-10-11-12-13-14-15-16-17-18-19-20-21-22-24-26-34(38)44-32(29-41-33(37)25-23-8-6-4-2)30-43-45(39,40)42-28-31(36)27-35/h11-12,14-15,31-32,35-36H,3-10,13,16-30H2,1-2H3,(H,39,40)/b12-11-,15-14-. The summed E-state index contributed by atoms with van der Waals surface area (Å²) in [7, 11) is -4.60. The van der Waals surface area contributed by atoms with Crippen LogP contribution in [0.2, 0.25) is 0 Å². The number of hydrogen-bond acceptors (Lipinski definition) is 9. The minimum atomic E-state index is -4.60. The second kappa shape index (κ2) is 31.1. The molecule has 0 aromatic carbocycles. The number of aliphatic hydroxyl groups excluding tert-OH is 2. The van der Waals surface area contributed by atoms with E-state index in [1.54, 1.807) is 0 Å². The molecule has 11 heteroatoms. The van der Waals surface area contributed by atoms with Crippen molar-refractivity contribution in [1.82, 2.24) is 0 Å². The maximum atomic E-state index is 12.4. The number of hydrogen-bond donors (Lipinski definition) is 3. The molecule has 0 aliphatic rings. The van der Waals surface area contributed by atoms with Gasteiger partial charge in [0.25, 0.3) is 0 Å². The fraction of sp³-hybridized carbons (Fsp3) is 0.824. The number of phosphoric ester groups is 1. The Morgan fingerprint density at radius 2 is 1.16 bits per heavy atom. The average molecular weight is 663 g/mol. The van der Waals surface area contributed by atoms with Crippen molar-refractivity contribution in [3.05, 3.63) is 24.3 Å². The Bertz CT molecular complexity index is 817. The first kappa shape index (κ1) is 43.5. The predicted octanol–water partition coefficient (Wildman–Crippen LogP) is 7.88. The molecule has 0 aromatic rings. The topological polar surface area (TPSA) is 149 Å². The van der Waals surface area contributed by atoms with Crippen molar-refractivity contribution in [3.8, 4) is 0 Å². The van der Waals surface area contributed by atoms with E-state index in [-0.39, 0.29) is 19.4 Å². The highest BCUT2D eigenvalue weighted by molar-refractivity contribution is 7.47. The van der Waals surface area contributed by atoms with Crippen molar-refractivity contribution in [2.75, 3.05) is 26.4 Å². The van der Waals surface area contributed by atoms with E-state index < -0.39 is 51.8 Å². The lowest BCUT2D eigenvalue weighted by molar-refractivity contribution is -0.161. The third kappa shape index (κ3) is 30.8. The fourth-order valence-electron chi connectivity index (χ4n) is 4.37. The molecule has 0 saturated carbocycles. The fourth-order valence-corrected chi connectivity index (χ4v) is 5.16. The molecule has 0 saturated heterocycles. The van der Waals surface area contributed by atoms with Crippen molar-refractivity contribution < 1.29 is 47.8 Å². The molecule has 0 amide bonds. The zero-order valence-corrected chi connectivity index (χ0v) is 29.0. The Balaban J connectivity index is 4.23. The van der Waals surface area contributed by atoms with Crippen LogP contribution in [0.1, 0.15) is 142 Å². The molecule has 3 atom stereocenters. The van der Waals surface area contributed by atoms with Gasteiger partial charge in [0, 0.05) is 12.8 Å². The van der Waals surface area contributed by atoms with E-state index in [0.717, 1.165) is 57.8 Å². The minimum absolute atomic E-state index is 0.176. The summed E-state index contributed by atoms with van der Waals surface area (Å²) < 4.78 is 32.2. The molecule has 0 rings (SSSR count). The second-order valence-electron chi connectivity index (χ2n) is 11.5. The molecule has 0 fully saturated rings. The first-order valence-electron chi connectivity index (χ1n) is 17.3. The molecule has 10 nitrogen and oxygen atoms in total. The van der Waals surface area contributed by atoms with Crippen LogP contribution in [0, 0.1) is 0 Å². The van der Waals surface area contributed by atoms with Crippen LogP contribution in [-0.2, 0) is 32.7 Å². The summed E-state index contributed by atoms with van der Waals surface area (Å²) in [6, 6.07) is 0. The van der Waals surface area contributed by atoms with E-state index in [9.17, 15) is 24.2 Å². The van der Waals surface area contributed by atoms with Gasteiger partial charge in [-0.1, -0.05) is 109 Å². The van der Waals surface area contributed by atoms with E-state index in [2.05, 4.69) is 42.7 Å². The first-order chi connectivity index (χ1) is 21.7. The summed E-state index contributed by atoms with van der Waals surface area (Å²) in [5.41, 5.74) is 0. The van der Waals surface area contributed by atoms with Crippen LogP contribution in [0.4, 0.5) is 0 Å². The van der Waals surface area contributed by atoms with E-state index in [1.165, 1.54) is 44.9 Å². The summed E-state index contributed by atoms with van der Waals surface area (Å²) >= 11 is 0. The molecule has 3 N–H and O–H groups in total. The van der Waals surface area contributed by atoms with Crippen LogP contribution >= 0.6 is 7.82 Å². The monoisotopic (exact) mass is 662 g/mol. The van der Waals surface area contributed by atoms with Gasteiger partial charge in [0.15, 0.2) is 6.10 Å². The van der Waals surface area contributed by atoms with Gasteiger partial charge in [-0.15, -0.1) is 0 Å². The quantitative estimate of drug-likeness (QED) is 0.0281. The summed E-state index contributed by atoms with van der Waals surface area (Å²) in [5.74, 6) is -0.955. The third-order valence-corrected chi connectivity index (χ3v) is 8.06. The van der Waals surface area contributed by atoms with Crippen molar-refractivity contribution in [2.24, 2.45) is 0 Å². The highest BCUT2D eigenvalue weighted by Gasteiger charge is 2.27. The number of carbonyl (C=O) groups excluding carboxylic acids is 2. The van der Waals surface area contributed by atoms with E-state index in [1.807, 2.05) is 0 Å². The van der Waals surface area contributed by atoms with Gasteiger partial charge in [0.2, 0.25) is 0 Å². The average Bonchev–Trinajstić information content (AvgIpc) is 3.02. The molecule has 0 bridgehead atoms. The Labute approximate surface area is 272 Å². The van der Waals surface area contributed by atoms with E-state index in [0.29, 0.717) is 12.8 Å². The lowest BCUT2D eigenvalue weighted by Gasteiger charge is -2.20. The number of carbonyl (C=O) groups is 2. The van der Waals surface area contributed by atoms with Crippen LogP contribution in [0.25, 0.3) is 0 Å². The summed E-state index contributed by atoms with van der Waals surface area (Å²) in [6.45, 7) is 2.19. The van der Waals surface area contributed by atoms with Crippen LogP contribution in [0.5, 0.6) is 0 Å². The van der Waals surface area contributed by atoms with Gasteiger partial charge in [0.1, 0.15) is 12.7 Å². The Kier molecular flexibility index (Phi) is 30.0. The molecule has 0 heterocycles. The highest BCUT2D eigenvalue weighted by Crippen LogP contribution is 2.43. The molecule has 0 radical (unpaired) electrons. The summed E-state index contributed by atoms with van der Waals surface area (Å²) in [4.78, 5) is 34.3. The smallest absolute Gasteiger partial charge is 0.462 e. The van der Waals surface area contributed by atoms with Gasteiger partial charge in [-0.2, -0.15) is 0 Å². The van der Waals surface area contributed by atoms with Gasteiger partial charge in [-0.25, -0.2) is 4.57 Å². The number of ether oxygens (including phenoxy) is 2. The summed E-state index contributed by atoms with van der Waals surface area (Å²) in [6.07, 6.45) is 26.5. The lowest BCUT2D eigenvalue weighted by atomic mass is 10.1. The number of phosphoric acid groups is 1. The van der Waals surface area contributed by atoms with Gasteiger partial charge in [0.05, 0.1) is 19.8 Å². The molecule has 0 aromatic heterocycles. The Hall–Kier alpha value is -1.55. The predicted molar refractivity (Wildman–Crippen MR) is 178 cm³/mol. The van der Waals surface area contributed by atoms with Crippen molar-refractivity contribution in [1.29, 1.82) is 0 Å². The van der Waals surface area contributed by atoms with Crippen molar-refractivity contribution in [2.45, 2.75) is 154 Å². The van der Waals surface area contributed by atoms with E-state index >= 15 is 0 Å². The Morgan fingerprint density at radius 3 is 1.73 bits per heavy atom. The molecular weight excluding hydrogens is 599 g/mol. The van der Waals surface area contributed by atoms with Crippen LogP contribution in [0.15, 0.2) is 24.3 Å². The number of esters is 2. The molecule has 264 valence electrons. The maximum absolute atomic E-state index is 12.4. The zero-order chi connectivity index (χ0) is 33.4. The molecule has 0 aliphatic carbocycles. The van der Waals surface area contributed by atoms with Crippen LogP contribution < -0.4 is 0 Å².